The van der Waals surface area contributed by atoms with Crippen LogP contribution in [-0.2, 0) is 23.7 Å². The van der Waals surface area contributed by atoms with Crippen LogP contribution < -0.4 is 0 Å². The molecule has 0 aliphatic carbocycles. The van der Waals surface area contributed by atoms with Gasteiger partial charge < -0.3 is 23.7 Å². The summed E-state index contributed by atoms with van der Waals surface area (Å²) in [4.78, 5) is 0. The maximum atomic E-state index is 5.63. The summed E-state index contributed by atoms with van der Waals surface area (Å²) < 4.78 is 27.7. The highest BCUT2D eigenvalue weighted by molar-refractivity contribution is 4.48. The molecular weight excluding hydrogens is 392 g/mol. The summed E-state index contributed by atoms with van der Waals surface area (Å²) in [6, 6.07) is 0. The van der Waals surface area contributed by atoms with Crippen molar-refractivity contribution in [2.45, 2.75) is 97.8 Å². The molecule has 1 atom stereocenters. The quantitative estimate of drug-likeness (QED) is 0.136. The van der Waals surface area contributed by atoms with Crippen molar-refractivity contribution in [3.63, 3.8) is 0 Å². The van der Waals surface area contributed by atoms with Gasteiger partial charge in [-0.3, -0.25) is 0 Å². The lowest BCUT2D eigenvalue weighted by Crippen LogP contribution is -2.14. The smallest absolute Gasteiger partial charge is 0.0701 e. The first kappa shape index (κ1) is 30.8. The molecule has 5 nitrogen and oxygen atoms in total. The molecule has 0 aromatic rings. The zero-order valence-electron chi connectivity index (χ0n) is 21.2. The van der Waals surface area contributed by atoms with Crippen molar-refractivity contribution in [1.82, 2.24) is 0 Å². The van der Waals surface area contributed by atoms with Gasteiger partial charge in [-0.1, -0.05) is 91.4 Å². The van der Waals surface area contributed by atoms with E-state index in [0.717, 1.165) is 19.6 Å². The van der Waals surface area contributed by atoms with Gasteiger partial charge in [-0.25, -0.2) is 0 Å². The number of rotatable bonds is 27. The van der Waals surface area contributed by atoms with E-state index in [2.05, 4.69) is 20.8 Å². The van der Waals surface area contributed by atoms with Gasteiger partial charge in [0.05, 0.1) is 52.9 Å². The van der Waals surface area contributed by atoms with Gasteiger partial charge in [-0.05, 0) is 12.3 Å². The van der Waals surface area contributed by atoms with Gasteiger partial charge in [0.15, 0.2) is 0 Å². The zero-order chi connectivity index (χ0) is 22.7. The highest BCUT2D eigenvalue weighted by Gasteiger charge is 1.98. The SMILES string of the molecule is CCCCCCCCCCCCCOCCOCCOCCOCCOCC(C)CC. The van der Waals surface area contributed by atoms with Crippen molar-refractivity contribution >= 4 is 0 Å². The van der Waals surface area contributed by atoms with Gasteiger partial charge in [-0.15, -0.1) is 0 Å². The second kappa shape index (κ2) is 27.8. The van der Waals surface area contributed by atoms with Crippen LogP contribution in [0.25, 0.3) is 0 Å². The van der Waals surface area contributed by atoms with Crippen LogP contribution >= 0.6 is 0 Å². The molecule has 0 aromatic heterocycles. The average Bonchev–Trinajstić information content (AvgIpc) is 2.78. The summed E-state index contributed by atoms with van der Waals surface area (Å²) in [5.74, 6) is 0.623. The Bertz CT molecular complexity index is 314. The third kappa shape index (κ3) is 27.8. The molecule has 0 rings (SSSR count). The van der Waals surface area contributed by atoms with Crippen molar-refractivity contribution in [2.75, 3.05) is 66.1 Å². The van der Waals surface area contributed by atoms with E-state index in [-0.39, 0.29) is 0 Å². The summed E-state index contributed by atoms with van der Waals surface area (Å²) in [7, 11) is 0. The van der Waals surface area contributed by atoms with Crippen molar-refractivity contribution in [3.8, 4) is 0 Å². The third-order valence-corrected chi connectivity index (χ3v) is 5.48. The lowest BCUT2D eigenvalue weighted by Gasteiger charge is -2.10. The lowest BCUT2D eigenvalue weighted by atomic mass is 10.1. The van der Waals surface area contributed by atoms with Crippen molar-refractivity contribution in [1.29, 1.82) is 0 Å². The molecule has 0 saturated heterocycles. The summed E-state index contributed by atoms with van der Waals surface area (Å²) in [6.45, 7) is 13.4. The standard InChI is InChI=1S/C26H54O5/c1-4-6-7-8-9-10-11-12-13-14-15-16-27-17-18-28-19-20-29-21-22-30-23-24-31-25-26(3)5-2/h26H,4-25H2,1-3H3. The van der Waals surface area contributed by atoms with Crippen LogP contribution in [0.15, 0.2) is 0 Å². The first-order valence-electron chi connectivity index (χ1n) is 13.2. The van der Waals surface area contributed by atoms with Crippen molar-refractivity contribution < 1.29 is 23.7 Å². The fourth-order valence-corrected chi connectivity index (χ4v) is 3.15. The number of hydrogen-bond donors (Lipinski definition) is 0. The molecule has 188 valence electrons. The fourth-order valence-electron chi connectivity index (χ4n) is 3.15. The van der Waals surface area contributed by atoms with Gasteiger partial charge in [0.2, 0.25) is 0 Å². The topological polar surface area (TPSA) is 46.2 Å². The van der Waals surface area contributed by atoms with E-state index >= 15 is 0 Å². The monoisotopic (exact) mass is 446 g/mol. The Morgan fingerprint density at radius 1 is 0.419 bits per heavy atom. The van der Waals surface area contributed by atoms with E-state index < -0.39 is 0 Å². The van der Waals surface area contributed by atoms with E-state index in [1.165, 1.54) is 70.6 Å². The lowest BCUT2D eigenvalue weighted by molar-refractivity contribution is -0.0133. The molecule has 0 N–H and O–H groups in total. The minimum Gasteiger partial charge on any atom is -0.379 e. The molecule has 0 radical (unpaired) electrons. The van der Waals surface area contributed by atoms with Crippen LogP contribution in [0.5, 0.6) is 0 Å². The first-order chi connectivity index (χ1) is 15.3. The normalized spacial score (nSPS) is 12.5. The Morgan fingerprint density at radius 3 is 1.19 bits per heavy atom. The molecule has 1 unspecified atom stereocenters. The Morgan fingerprint density at radius 2 is 0.774 bits per heavy atom. The van der Waals surface area contributed by atoms with Crippen molar-refractivity contribution in [2.24, 2.45) is 5.92 Å². The molecule has 0 heterocycles. The van der Waals surface area contributed by atoms with E-state index in [1.54, 1.807) is 0 Å². The van der Waals surface area contributed by atoms with Gasteiger partial charge in [0.25, 0.3) is 0 Å². The summed E-state index contributed by atoms with van der Waals surface area (Å²) in [6.07, 6.45) is 16.2. The number of ether oxygens (including phenoxy) is 5. The van der Waals surface area contributed by atoms with Crippen LogP contribution in [0, 0.1) is 5.92 Å². The van der Waals surface area contributed by atoms with E-state index in [9.17, 15) is 0 Å². The molecule has 0 aliphatic heterocycles. The Hall–Kier alpha value is -0.200. The molecule has 0 fully saturated rings. The third-order valence-electron chi connectivity index (χ3n) is 5.48. The van der Waals surface area contributed by atoms with Crippen LogP contribution in [0.1, 0.15) is 97.8 Å². The first-order valence-corrected chi connectivity index (χ1v) is 13.2. The predicted octanol–water partition coefficient (Wildman–Crippen LogP) is 6.43. The van der Waals surface area contributed by atoms with Gasteiger partial charge in [-0.2, -0.15) is 0 Å². The summed E-state index contributed by atoms with van der Waals surface area (Å²) in [5.41, 5.74) is 0. The summed E-state index contributed by atoms with van der Waals surface area (Å²) in [5, 5.41) is 0. The van der Waals surface area contributed by atoms with Crippen LogP contribution in [0.2, 0.25) is 0 Å². The highest BCUT2D eigenvalue weighted by Crippen LogP contribution is 2.11. The Kier molecular flexibility index (Phi) is 27.7. The molecule has 31 heavy (non-hydrogen) atoms. The van der Waals surface area contributed by atoms with Crippen LogP contribution in [0.3, 0.4) is 0 Å². The molecule has 0 bridgehead atoms. The highest BCUT2D eigenvalue weighted by atomic mass is 16.6. The molecule has 0 aliphatic rings. The summed E-state index contributed by atoms with van der Waals surface area (Å²) >= 11 is 0. The molecular formula is C26H54O5. The van der Waals surface area contributed by atoms with Gasteiger partial charge >= 0.3 is 0 Å². The predicted molar refractivity (Wildman–Crippen MR) is 130 cm³/mol. The van der Waals surface area contributed by atoms with Crippen LogP contribution in [-0.4, -0.2) is 66.1 Å². The zero-order valence-corrected chi connectivity index (χ0v) is 21.2. The minimum atomic E-state index is 0.601. The van der Waals surface area contributed by atoms with Crippen molar-refractivity contribution in [3.05, 3.63) is 0 Å². The Balaban J connectivity index is 3.01. The van der Waals surface area contributed by atoms with E-state index in [1.807, 2.05) is 0 Å². The molecule has 0 aromatic carbocycles. The molecule has 0 amide bonds. The minimum absolute atomic E-state index is 0.601. The van der Waals surface area contributed by atoms with Gasteiger partial charge in [0, 0.05) is 13.2 Å². The second-order valence-electron chi connectivity index (χ2n) is 8.57. The number of unbranched alkanes of at least 4 members (excludes halogenated alkanes) is 10. The largest absolute Gasteiger partial charge is 0.379 e. The molecule has 0 saturated carbocycles. The van der Waals surface area contributed by atoms with Gasteiger partial charge in [0.1, 0.15) is 0 Å². The maximum absolute atomic E-state index is 5.63. The second-order valence-corrected chi connectivity index (χ2v) is 8.57. The average molecular weight is 447 g/mol. The molecule has 0 spiro atoms. The fraction of sp³-hybridized carbons (Fsp3) is 1.00. The maximum Gasteiger partial charge on any atom is 0.0701 e. The Labute approximate surface area is 193 Å². The van der Waals surface area contributed by atoms with E-state index in [4.69, 9.17) is 23.7 Å². The molecule has 5 heteroatoms. The number of hydrogen-bond acceptors (Lipinski definition) is 5. The van der Waals surface area contributed by atoms with Crippen LogP contribution in [0.4, 0.5) is 0 Å². The van der Waals surface area contributed by atoms with E-state index in [0.29, 0.717) is 58.8 Å².